The molecule has 112 valence electrons. The molecule has 1 aromatic heterocycles. The molecule has 1 fully saturated rings. The van der Waals surface area contributed by atoms with Gasteiger partial charge in [-0.05, 0) is 31.4 Å². The van der Waals surface area contributed by atoms with Crippen molar-refractivity contribution in [2.45, 2.75) is 43.4 Å². The molecule has 7 heteroatoms. The van der Waals surface area contributed by atoms with Gasteiger partial charge < -0.3 is 4.90 Å². The number of rotatable bonds is 7. The molecule has 0 aromatic carbocycles. The van der Waals surface area contributed by atoms with E-state index in [4.69, 9.17) is 0 Å². The second-order valence-corrected chi connectivity index (χ2v) is 8.08. The van der Waals surface area contributed by atoms with Crippen molar-refractivity contribution in [3.05, 3.63) is 17.0 Å². The number of carbonyl (C=O) groups excluding carboxylic acids is 1. The van der Waals surface area contributed by atoms with Crippen LogP contribution in [0.2, 0.25) is 0 Å². The average Bonchev–Trinajstić information content (AvgIpc) is 3.09. The van der Waals surface area contributed by atoms with E-state index in [1.165, 1.54) is 18.3 Å². The summed E-state index contributed by atoms with van der Waals surface area (Å²) in [6, 6.07) is 3.78. The van der Waals surface area contributed by atoms with Gasteiger partial charge in [0.1, 0.15) is 4.21 Å². The van der Waals surface area contributed by atoms with Crippen LogP contribution in [-0.2, 0) is 21.2 Å². The lowest BCUT2D eigenvalue weighted by atomic mass is 10.4. The van der Waals surface area contributed by atoms with E-state index in [0.717, 1.165) is 24.1 Å². The van der Waals surface area contributed by atoms with Crippen LogP contribution in [0.1, 0.15) is 31.6 Å². The van der Waals surface area contributed by atoms with Gasteiger partial charge in [0, 0.05) is 30.9 Å². The summed E-state index contributed by atoms with van der Waals surface area (Å²) in [6.45, 7) is 4.22. The molecule has 1 aromatic rings. The first kappa shape index (κ1) is 15.5. The number of sulfonamides is 1. The quantitative estimate of drug-likeness (QED) is 0.831. The molecule has 1 amide bonds. The number of nitrogens with one attached hydrogen (secondary N) is 1. The van der Waals surface area contributed by atoms with E-state index in [-0.39, 0.29) is 12.5 Å². The molecule has 0 radical (unpaired) electrons. The van der Waals surface area contributed by atoms with Crippen molar-refractivity contribution in [2.24, 2.45) is 0 Å². The van der Waals surface area contributed by atoms with Gasteiger partial charge in [-0.1, -0.05) is 6.92 Å². The summed E-state index contributed by atoms with van der Waals surface area (Å²) in [5.41, 5.74) is 0. The van der Waals surface area contributed by atoms with E-state index in [1.807, 2.05) is 13.0 Å². The SMILES string of the molecule is CCc1ccc(S(=O)(=O)NCCN(C(C)=O)C2CC2)s1. The molecule has 5 nitrogen and oxygen atoms in total. The Hall–Kier alpha value is -0.920. The first-order chi connectivity index (χ1) is 9.44. The van der Waals surface area contributed by atoms with Gasteiger partial charge in [-0.25, -0.2) is 13.1 Å². The molecule has 0 aliphatic heterocycles. The van der Waals surface area contributed by atoms with E-state index in [0.29, 0.717) is 16.8 Å². The molecule has 0 spiro atoms. The Morgan fingerprint density at radius 1 is 1.45 bits per heavy atom. The van der Waals surface area contributed by atoms with Crippen LogP contribution < -0.4 is 4.72 Å². The molecule has 20 heavy (non-hydrogen) atoms. The Morgan fingerprint density at radius 2 is 2.15 bits per heavy atom. The van der Waals surface area contributed by atoms with Gasteiger partial charge in [0.25, 0.3) is 0 Å². The molecular formula is C13H20N2O3S2. The summed E-state index contributed by atoms with van der Waals surface area (Å²) in [5, 5.41) is 0. The lowest BCUT2D eigenvalue weighted by Gasteiger charge is -2.20. The molecule has 0 saturated heterocycles. The van der Waals surface area contributed by atoms with Gasteiger partial charge >= 0.3 is 0 Å². The Kier molecular flexibility index (Phi) is 4.82. The monoisotopic (exact) mass is 316 g/mol. The standard InChI is InChI=1S/C13H20N2O3S2/c1-3-12-6-7-13(19-12)20(17,18)14-8-9-15(10(2)16)11-4-5-11/h6-7,11,14H,3-5,8-9H2,1-2H3. The van der Waals surface area contributed by atoms with Crippen molar-refractivity contribution in [1.82, 2.24) is 9.62 Å². The molecule has 0 bridgehead atoms. The van der Waals surface area contributed by atoms with E-state index in [9.17, 15) is 13.2 Å². The van der Waals surface area contributed by atoms with Crippen LogP contribution in [0.5, 0.6) is 0 Å². The van der Waals surface area contributed by atoms with Crippen LogP contribution >= 0.6 is 11.3 Å². The normalized spacial score (nSPS) is 15.3. The molecule has 1 heterocycles. The van der Waals surface area contributed by atoms with Crippen LogP contribution in [-0.4, -0.2) is 38.4 Å². The first-order valence-corrected chi connectivity index (χ1v) is 9.09. The minimum absolute atomic E-state index is 0.0103. The first-order valence-electron chi connectivity index (χ1n) is 6.79. The predicted molar refractivity (Wildman–Crippen MR) is 79.3 cm³/mol. The van der Waals surface area contributed by atoms with Gasteiger partial charge in [0.2, 0.25) is 15.9 Å². The van der Waals surface area contributed by atoms with Crippen molar-refractivity contribution in [1.29, 1.82) is 0 Å². The average molecular weight is 316 g/mol. The van der Waals surface area contributed by atoms with Crippen molar-refractivity contribution < 1.29 is 13.2 Å². The summed E-state index contributed by atoms with van der Waals surface area (Å²) in [7, 11) is -3.45. The summed E-state index contributed by atoms with van der Waals surface area (Å²) in [4.78, 5) is 14.2. The zero-order chi connectivity index (χ0) is 14.8. The van der Waals surface area contributed by atoms with Gasteiger partial charge in [0.15, 0.2) is 0 Å². The molecule has 0 unspecified atom stereocenters. The summed E-state index contributed by atoms with van der Waals surface area (Å²) in [5.74, 6) is 0.0103. The number of carbonyl (C=O) groups is 1. The van der Waals surface area contributed by atoms with Gasteiger partial charge in [0.05, 0.1) is 0 Å². The maximum atomic E-state index is 12.1. The van der Waals surface area contributed by atoms with Gasteiger partial charge in [-0.15, -0.1) is 11.3 Å². The molecule has 0 atom stereocenters. The number of hydrogen-bond donors (Lipinski definition) is 1. The van der Waals surface area contributed by atoms with E-state index >= 15 is 0 Å². The third-order valence-electron chi connectivity index (χ3n) is 3.29. The highest BCUT2D eigenvalue weighted by atomic mass is 32.2. The van der Waals surface area contributed by atoms with Gasteiger partial charge in [-0.2, -0.15) is 0 Å². The Bertz CT molecular complexity index is 576. The second-order valence-electron chi connectivity index (χ2n) is 4.92. The minimum Gasteiger partial charge on any atom is -0.339 e. The highest BCUT2D eigenvalue weighted by molar-refractivity contribution is 7.91. The Balaban J connectivity index is 1.90. The molecule has 1 aliphatic carbocycles. The highest BCUT2D eigenvalue weighted by Gasteiger charge is 2.30. The maximum Gasteiger partial charge on any atom is 0.250 e. The zero-order valence-corrected chi connectivity index (χ0v) is 13.4. The van der Waals surface area contributed by atoms with E-state index in [2.05, 4.69) is 4.72 Å². The molecule has 1 N–H and O–H groups in total. The lowest BCUT2D eigenvalue weighted by molar-refractivity contribution is -0.129. The smallest absolute Gasteiger partial charge is 0.250 e. The number of amides is 1. The third-order valence-corrected chi connectivity index (χ3v) is 6.47. The second kappa shape index (κ2) is 6.24. The van der Waals surface area contributed by atoms with Crippen molar-refractivity contribution in [2.75, 3.05) is 13.1 Å². The summed E-state index contributed by atoms with van der Waals surface area (Å²) in [6.07, 6.45) is 2.88. The molecule has 1 aliphatic rings. The van der Waals surface area contributed by atoms with E-state index in [1.54, 1.807) is 11.0 Å². The minimum atomic E-state index is -3.45. The van der Waals surface area contributed by atoms with Crippen molar-refractivity contribution >= 4 is 27.3 Å². The lowest BCUT2D eigenvalue weighted by Crippen LogP contribution is -2.38. The topological polar surface area (TPSA) is 66.5 Å². The molecule has 1 saturated carbocycles. The third kappa shape index (κ3) is 3.80. The molecular weight excluding hydrogens is 296 g/mol. The van der Waals surface area contributed by atoms with E-state index < -0.39 is 10.0 Å². The highest BCUT2D eigenvalue weighted by Crippen LogP contribution is 2.26. The van der Waals surface area contributed by atoms with Crippen LogP contribution in [0.15, 0.2) is 16.3 Å². The number of hydrogen-bond acceptors (Lipinski definition) is 4. The zero-order valence-electron chi connectivity index (χ0n) is 11.8. The Labute approximate surface area is 124 Å². The number of aryl methyl sites for hydroxylation is 1. The van der Waals surface area contributed by atoms with Crippen LogP contribution in [0.25, 0.3) is 0 Å². The van der Waals surface area contributed by atoms with Crippen LogP contribution in [0.3, 0.4) is 0 Å². The van der Waals surface area contributed by atoms with Gasteiger partial charge in [-0.3, -0.25) is 4.79 Å². The van der Waals surface area contributed by atoms with Crippen LogP contribution in [0, 0.1) is 0 Å². The predicted octanol–water partition coefficient (Wildman–Crippen LogP) is 1.60. The maximum absolute atomic E-state index is 12.1. The summed E-state index contributed by atoms with van der Waals surface area (Å²) < 4.78 is 27.1. The Morgan fingerprint density at radius 3 is 2.65 bits per heavy atom. The fourth-order valence-corrected chi connectivity index (χ4v) is 4.41. The largest absolute Gasteiger partial charge is 0.339 e. The number of nitrogens with zero attached hydrogens (tertiary/aromatic N) is 1. The fourth-order valence-electron chi connectivity index (χ4n) is 2.05. The molecule has 2 rings (SSSR count). The fraction of sp³-hybridized carbons (Fsp3) is 0.615. The van der Waals surface area contributed by atoms with Crippen LogP contribution in [0.4, 0.5) is 0 Å². The number of thiophene rings is 1. The summed E-state index contributed by atoms with van der Waals surface area (Å²) >= 11 is 1.29. The van der Waals surface area contributed by atoms with Crippen molar-refractivity contribution in [3.63, 3.8) is 0 Å². The van der Waals surface area contributed by atoms with Crippen molar-refractivity contribution in [3.8, 4) is 0 Å².